The van der Waals surface area contributed by atoms with E-state index in [4.69, 9.17) is 19.2 Å². The summed E-state index contributed by atoms with van der Waals surface area (Å²) in [7, 11) is -1.72. The van der Waals surface area contributed by atoms with Gasteiger partial charge in [-0.2, -0.15) is 10.2 Å². The number of oxazole rings is 1. The van der Waals surface area contributed by atoms with Gasteiger partial charge in [0.25, 0.3) is 0 Å². The van der Waals surface area contributed by atoms with E-state index in [0.29, 0.717) is 34.2 Å². The minimum absolute atomic E-state index is 0.0574. The SMILES string of the molecule is COc1ccc(-c2nc(C#N)oc2-c2ccc(OCCNS(C)(=O)=O)cc2)cn1. The topological polar surface area (TPSA) is 127 Å². The normalized spacial score (nSPS) is 11.1. The van der Waals surface area contributed by atoms with Gasteiger partial charge in [-0.3, -0.25) is 0 Å². The van der Waals surface area contributed by atoms with E-state index in [1.165, 1.54) is 7.11 Å². The van der Waals surface area contributed by atoms with Crippen molar-refractivity contribution in [2.24, 2.45) is 0 Å². The second kappa shape index (κ2) is 8.72. The molecule has 29 heavy (non-hydrogen) atoms. The Balaban J connectivity index is 1.79. The molecule has 2 heterocycles. The third kappa shape index (κ3) is 5.31. The fourth-order valence-corrected chi connectivity index (χ4v) is 2.95. The first-order valence-corrected chi connectivity index (χ1v) is 10.4. The molecule has 0 bridgehead atoms. The number of nitriles is 1. The summed E-state index contributed by atoms with van der Waals surface area (Å²) in [5, 5.41) is 9.16. The van der Waals surface area contributed by atoms with Gasteiger partial charge in [0.05, 0.1) is 13.4 Å². The number of hydrogen-bond acceptors (Lipinski definition) is 8. The number of nitrogens with zero attached hydrogens (tertiary/aromatic N) is 3. The molecule has 3 aromatic rings. The predicted molar refractivity (Wildman–Crippen MR) is 105 cm³/mol. The lowest BCUT2D eigenvalue weighted by Gasteiger charge is -2.07. The summed E-state index contributed by atoms with van der Waals surface area (Å²) in [6.07, 6.45) is 2.68. The Morgan fingerprint density at radius 2 is 1.90 bits per heavy atom. The smallest absolute Gasteiger partial charge is 0.301 e. The van der Waals surface area contributed by atoms with Gasteiger partial charge in [0.15, 0.2) is 11.8 Å². The van der Waals surface area contributed by atoms with Crippen LogP contribution in [0.5, 0.6) is 11.6 Å². The average molecular weight is 414 g/mol. The molecule has 0 radical (unpaired) electrons. The van der Waals surface area contributed by atoms with Crippen LogP contribution in [0.3, 0.4) is 0 Å². The molecule has 3 rings (SSSR count). The first-order valence-electron chi connectivity index (χ1n) is 8.49. The van der Waals surface area contributed by atoms with Crippen molar-refractivity contribution in [1.82, 2.24) is 14.7 Å². The van der Waals surface area contributed by atoms with Crippen molar-refractivity contribution in [3.8, 4) is 40.3 Å². The predicted octanol–water partition coefficient (Wildman–Crippen LogP) is 2.21. The van der Waals surface area contributed by atoms with Gasteiger partial charge in [-0.05, 0) is 30.3 Å². The number of ether oxygens (including phenoxy) is 2. The van der Waals surface area contributed by atoms with Crippen molar-refractivity contribution in [2.75, 3.05) is 26.5 Å². The van der Waals surface area contributed by atoms with Crippen LogP contribution in [0, 0.1) is 11.3 Å². The molecule has 0 saturated carbocycles. The molecule has 0 aliphatic rings. The van der Waals surface area contributed by atoms with Crippen LogP contribution in [0.1, 0.15) is 5.89 Å². The van der Waals surface area contributed by atoms with Gasteiger partial charge in [-0.1, -0.05) is 0 Å². The monoisotopic (exact) mass is 414 g/mol. The van der Waals surface area contributed by atoms with Crippen molar-refractivity contribution in [1.29, 1.82) is 5.26 Å². The first-order chi connectivity index (χ1) is 13.9. The Morgan fingerprint density at radius 1 is 1.17 bits per heavy atom. The summed E-state index contributed by atoms with van der Waals surface area (Å²) in [6, 6.07) is 12.4. The van der Waals surface area contributed by atoms with Crippen molar-refractivity contribution in [3.63, 3.8) is 0 Å². The number of nitrogens with one attached hydrogen (secondary N) is 1. The number of hydrogen-bond donors (Lipinski definition) is 1. The van der Waals surface area contributed by atoms with Crippen LogP contribution in [0.2, 0.25) is 0 Å². The largest absolute Gasteiger partial charge is 0.492 e. The van der Waals surface area contributed by atoms with Crippen LogP contribution in [0.15, 0.2) is 47.0 Å². The Labute approximate surface area is 168 Å². The molecule has 150 valence electrons. The second-order valence-electron chi connectivity index (χ2n) is 5.94. The lowest BCUT2D eigenvalue weighted by atomic mass is 10.1. The molecule has 10 heteroatoms. The van der Waals surface area contributed by atoms with Crippen LogP contribution in [-0.2, 0) is 10.0 Å². The van der Waals surface area contributed by atoms with Gasteiger partial charge in [-0.25, -0.2) is 18.1 Å². The van der Waals surface area contributed by atoms with Gasteiger partial charge in [0, 0.05) is 29.9 Å². The highest BCUT2D eigenvalue weighted by molar-refractivity contribution is 7.88. The molecule has 0 aliphatic heterocycles. The van der Waals surface area contributed by atoms with Gasteiger partial charge < -0.3 is 13.9 Å². The number of aromatic nitrogens is 2. The number of pyridine rings is 1. The van der Waals surface area contributed by atoms with Crippen LogP contribution < -0.4 is 14.2 Å². The zero-order valence-electron chi connectivity index (χ0n) is 15.7. The second-order valence-corrected chi connectivity index (χ2v) is 7.77. The Kier molecular flexibility index (Phi) is 6.11. The summed E-state index contributed by atoms with van der Waals surface area (Å²) in [5.41, 5.74) is 1.87. The number of benzene rings is 1. The molecule has 0 unspecified atom stereocenters. The number of rotatable bonds is 8. The lowest BCUT2D eigenvalue weighted by molar-refractivity contribution is 0.323. The van der Waals surface area contributed by atoms with Crippen molar-refractivity contribution >= 4 is 10.0 Å². The Bertz CT molecular complexity index is 1120. The van der Waals surface area contributed by atoms with Gasteiger partial charge in [-0.15, -0.1) is 0 Å². The molecule has 9 nitrogen and oxygen atoms in total. The highest BCUT2D eigenvalue weighted by atomic mass is 32.2. The molecule has 2 aromatic heterocycles. The van der Waals surface area contributed by atoms with E-state index < -0.39 is 10.0 Å². The van der Waals surface area contributed by atoms with Gasteiger partial charge in [0.1, 0.15) is 18.1 Å². The van der Waals surface area contributed by atoms with Crippen molar-refractivity contribution < 1.29 is 22.3 Å². The van der Waals surface area contributed by atoms with E-state index in [9.17, 15) is 8.42 Å². The van der Waals surface area contributed by atoms with Crippen LogP contribution in [0.4, 0.5) is 0 Å². The summed E-state index contributed by atoms with van der Waals surface area (Å²) in [6.45, 7) is 0.360. The fraction of sp³-hybridized carbons (Fsp3) is 0.211. The quantitative estimate of drug-likeness (QED) is 0.556. The molecule has 1 N–H and O–H groups in total. The zero-order valence-corrected chi connectivity index (χ0v) is 16.6. The zero-order chi connectivity index (χ0) is 20.9. The van der Waals surface area contributed by atoms with Gasteiger partial charge in [0.2, 0.25) is 15.9 Å². The van der Waals surface area contributed by atoms with Crippen LogP contribution >= 0.6 is 0 Å². The summed E-state index contributed by atoms with van der Waals surface area (Å²) in [5.74, 6) is 1.40. The molecular formula is C19H18N4O5S. The highest BCUT2D eigenvalue weighted by Crippen LogP contribution is 2.33. The van der Waals surface area contributed by atoms with E-state index in [1.807, 2.05) is 6.07 Å². The number of methoxy groups -OCH3 is 1. The first kappa shape index (κ1) is 20.3. The third-order valence-corrected chi connectivity index (χ3v) is 4.52. The molecule has 0 spiro atoms. The lowest BCUT2D eigenvalue weighted by Crippen LogP contribution is -2.26. The highest BCUT2D eigenvalue weighted by Gasteiger charge is 2.17. The van der Waals surface area contributed by atoms with E-state index in [1.54, 1.807) is 42.6 Å². The van der Waals surface area contributed by atoms with E-state index in [2.05, 4.69) is 14.7 Å². The maximum absolute atomic E-state index is 11.0. The Morgan fingerprint density at radius 3 is 2.48 bits per heavy atom. The molecule has 0 aliphatic carbocycles. The molecule has 0 atom stereocenters. The fourth-order valence-electron chi connectivity index (χ4n) is 2.50. The maximum Gasteiger partial charge on any atom is 0.301 e. The minimum atomic E-state index is -3.25. The summed E-state index contributed by atoms with van der Waals surface area (Å²) >= 11 is 0. The van der Waals surface area contributed by atoms with Gasteiger partial charge >= 0.3 is 5.89 Å². The Hall–Kier alpha value is -3.42. The summed E-state index contributed by atoms with van der Waals surface area (Å²) in [4.78, 5) is 8.39. The van der Waals surface area contributed by atoms with Crippen molar-refractivity contribution in [2.45, 2.75) is 0 Å². The molecular weight excluding hydrogens is 396 g/mol. The summed E-state index contributed by atoms with van der Waals surface area (Å²) < 4.78 is 40.6. The molecule has 1 aromatic carbocycles. The standard InChI is InChI=1S/C19H18N4O5S/c1-26-16-8-5-14(12-21-16)18-19(28-17(11-20)23-18)13-3-6-15(7-4-13)27-10-9-22-29(2,24)25/h3-8,12,22H,9-10H2,1-2H3. The van der Waals surface area contributed by atoms with Crippen molar-refractivity contribution in [3.05, 3.63) is 48.5 Å². The van der Waals surface area contributed by atoms with E-state index in [0.717, 1.165) is 6.26 Å². The average Bonchev–Trinajstić information content (AvgIpc) is 3.15. The third-order valence-electron chi connectivity index (χ3n) is 3.79. The molecule has 0 saturated heterocycles. The maximum atomic E-state index is 11.0. The van der Waals surface area contributed by atoms with Crippen LogP contribution in [0.25, 0.3) is 22.6 Å². The molecule has 0 fully saturated rings. The molecule has 0 amide bonds. The van der Waals surface area contributed by atoms with E-state index >= 15 is 0 Å². The van der Waals surface area contributed by atoms with Crippen LogP contribution in [-0.4, -0.2) is 44.9 Å². The van der Waals surface area contributed by atoms with E-state index in [-0.39, 0.29) is 19.0 Å². The number of sulfonamides is 1. The minimum Gasteiger partial charge on any atom is -0.492 e.